The molecule has 76 valence electrons. The topological polar surface area (TPSA) is 39.9 Å². The van der Waals surface area contributed by atoms with E-state index in [0.717, 1.165) is 18.7 Å². The molecule has 0 radical (unpaired) electrons. The van der Waals surface area contributed by atoms with Crippen LogP contribution in [0.25, 0.3) is 0 Å². The Kier molecular flexibility index (Phi) is 4.19. The van der Waals surface area contributed by atoms with Crippen LogP contribution < -0.4 is 4.90 Å². The molecule has 0 aliphatic carbocycles. The van der Waals surface area contributed by atoms with Crippen LogP contribution >= 0.6 is 0 Å². The van der Waals surface area contributed by atoms with Gasteiger partial charge in [-0.1, -0.05) is 12.8 Å². The summed E-state index contributed by atoms with van der Waals surface area (Å²) in [5, 5.41) is 8.95. The fourth-order valence-electron chi connectivity index (χ4n) is 1.40. The second-order valence-electron chi connectivity index (χ2n) is 3.13. The van der Waals surface area contributed by atoms with Crippen LogP contribution in [0.3, 0.4) is 0 Å². The Balaban J connectivity index is 3.01. The molecular weight excluding hydrogens is 186 g/mol. The number of nitriles is 1. The van der Waals surface area contributed by atoms with Gasteiger partial charge in [-0.2, -0.15) is 5.26 Å². The molecule has 0 spiro atoms. The quantitative estimate of drug-likeness (QED) is 0.694. The van der Waals surface area contributed by atoms with E-state index in [4.69, 9.17) is 11.7 Å². The molecule has 0 unspecified atom stereocenters. The summed E-state index contributed by atoms with van der Waals surface area (Å²) in [6.07, 6.45) is 9.58. The van der Waals surface area contributed by atoms with Crippen molar-refractivity contribution in [1.29, 1.82) is 5.26 Å². The summed E-state index contributed by atoms with van der Waals surface area (Å²) in [6.45, 7) is 3.42. The average Bonchev–Trinajstić information content (AvgIpc) is 2.29. The van der Waals surface area contributed by atoms with Gasteiger partial charge in [-0.25, -0.2) is 0 Å². The normalized spacial score (nSPS) is 9.00. The number of nitrogens with zero attached hydrogens (tertiary/aromatic N) is 3. The number of terminal acetylenes is 1. The fourth-order valence-corrected chi connectivity index (χ4v) is 1.40. The predicted octanol–water partition coefficient (Wildman–Crippen LogP) is 1.80. The number of hydrogen-bond acceptors (Lipinski definition) is 3. The molecule has 15 heavy (non-hydrogen) atoms. The molecule has 0 N–H and O–H groups in total. The van der Waals surface area contributed by atoms with Crippen molar-refractivity contribution < 1.29 is 0 Å². The highest BCUT2D eigenvalue weighted by Gasteiger charge is 2.08. The Morgan fingerprint density at radius 2 is 2.40 bits per heavy atom. The zero-order valence-electron chi connectivity index (χ0n) is 8.77. The maximum atomic E-state index is 8.95. The fraction of sp³-hybridized carbons (Fsp3) is 0.333. The lowest BCUT2D eigenvalue weighted by molar-refractivity contribution is 0.819. The average molecular weight is 199 g/mol. The highest BCUT2D eigenvalue weighted by atomic mass is 15.1. The van der Waals surface area contributed by atoms with Crippen molar-refractivity contribution in [3.8, 4) is 18.4 Å². The number of hydrogen-bond donors (Lipinski definition) is 0. The van der Waals surface area contributed by atoms with Gasteiger partial charge < -0.3 is 4.90 Å². The van der Waals surface area contributed by atoms with Crippen LogP contribution in [-0.2, 0) is 0 Å². The Morgan fingerprint density at radius 1 is 1.60 bits per heavy atom. The first-order valence-corrected chi connectivity index (χ1v) is 4.86. The van der Waals surface area contributed by atoms with Crippen LogP contribution in [0.5, 0.6) is 0 Å². The molecule has 1 rings (SSSR count). The van der Waals surface area contributed by atoms with Crippen molar-refractivity contribution in [2.45, 2.75) is 13.3 Å². The van der Waals surface area contributed by atoms with Gasteiger partial charge in [0.15, 0.2) is 0 Å². The molecule has 1 aromatic heterocycles. The molecule has 0 bridgehead atoms. The van der Waals surface area contributed by atoms with E-state index in [9.17, 15) is 0 Å². The minimum absolute atomic E-state index is 0.508. The van der Waals surface area contributed by atoms with E-state index in [1.165, 1.54) is 0 Å². The van der Waals surface area contributed by atoms with Gasteiger partial charge >= 0.3 is 0 Å². The van der Waals surface area contributed by atoms with E-state index in [1.54, 1.807) is 18.5 Å². The first-order valence-electron chi connectivity index (χ1n) is 4.86. The third-order valence-electron chi connectivity index (χ3n) is 2.04. The van der Waals surface area contributed by atoms with E-state index in [1.807, 2.05) is 4.90 Å². The summed E-state index contributed by atoms with van der Waals surface area (Å²) >= 11 is 0. The molecule has 1 aromatic rings. The largest absolute Gasteiger partial charge is 0.358 e. The number of pyridine rings is 1. The minimum atomic E-state index is 0.508. The zero-order valence-corrected chi connectivity index (χ0v) is 8.77. The highest BCUT2D eigenvalue weighted by Crippen LogP contribution is 2.17. The number of rotatable bonds is 4. The molecule has 0 saturated carbocycles. The van der Waals surface area contributed by atoms with Crippen LogP contribution in [0.15, 0.2) is 18.5 Å². The molecule has 0 aliphatic heterocycles. The molecule has 3 nitrogen and oxygen atoms in total. The van der Waals surface area contributed by atoms with Crippen LogP contribution in [-0.4, -0.2) is 18.1 Å². The first kappa shape index (κ1) is 11.1. The summed E-state index contributed by atoms with van der Waals surface area (Å²) in [5.41, 5.74) is 1.44. The summed E-state index contributed by atoms with van der Waals surface area (Å²) in [7, 11) is 0. The highest BCUT2D eigenvalue weighted by molar-refractivity contribution is 5.58. The monoisotopic (exact) mass is 199 g/mol. The maximum Gasteiger partial charge on any atom is 0.101 e. The third kappa shape index (κ3) is 2.72. The van der Waals surface area contributed by atoms with Gasteiger partial charge in [0, 0.05) is 12.7 Å². The van der Waals surface area contributed by atoms with E-state index >= 15 is 0 Å². The van der Waals surface area contributed by atoms with Crippen molar-refractivity contribution >= 4 is 5.69 Å². The summed E-state index contributed by atoms with van der Waals surface area (Å²) in [4.78, 5) is 6.01. The van der Waals surface area contributed by atoms with Gasteiger partial charge in [0.05, 0.1) is 24.0 Å². The van der Waals surface area contributed by atoms with Gasteiger partial charge in [-0.15, -0.1) is 6.42 Å². The Morgan fingerprint density at radius 3 is 3.00 bits per heavy atom. The lowest BCUT2D eigenvalue weighted by atomic mass is 10.2. The van der Waals surface area contributed by atoms with Crippen LogP contribution in [0, 0.1) is 23.7 Å². The molecule has 0 fully saturated rings. The third-order valence-corrected chi connectivity index (χ3v) is 2.04. The Hall–Kier alpha value is -2.00. The summed E-state index contributed by atoms with van der Waals surface area (Å²) < 4.78 is 0. The van der Waals surface area contributed by atoms with Crippen molar-refractivity contribution in [3.05, 3.63) is 24.0 Å². The van der Waals surface area contributed by atoms with Crippen molar-refractivity contribution in [1.82, 2.24) is 4.98 Å². The van der Waals surface area contributed by atoms with E-state index in [2.05, 4.69) is 23.9 Å². The second kappa shape index (κ2) is 5.67. The smallest absolute Gasteiger partial charge is 0.101 e. The van der Waals surface area contributed by atoms with Gasteiger partial charge in [-0.3, -0.25) is 4.98 Å². The standard InChI is InChI=1S/C12H13N3/c1-3-7-15(8-4-2)12-10-14-6-5-11(12)9-13/h1,5-6,10H,4,7-8H2,2H3. The van der Waals surface area contributed by atoms with E-state index in [-0.39, 0.29) is 0 Å². The van der Waals surface area contributed by atoms with Crippen molar-refractivity contribution in [2.24, 2.45) is 0 Å². The predicted molar refractivity (Wildman–Crippen MR) is 60.3 cm³/mol. The molecule has 0 aliphatic rings. The maximum absolute atomic E-state index is 8.95. The number of aromatic nitrogens is 1. The minimum Gasteiger partial charge on any atom is -0.358 e. The van der Waals surface area contributed by atoms with E-state index in [0.29, 0.717) is 12.1 Å². The molecule has 1 heterocycles. The van der Waals surface area contributed by atoms with Crippen LogP contribution in [0.1, 0.15) is 18.9 Å². The van der Waals surface area contributed by atoms with Crippen LogP contribution in [0.4, 0.5) is 5.69 Å². The van der Waals surface area contributed by atoms with Crippen molar-refractivity contribution in [3.63, 3.8) is 0 Å². The van der Waals surface area contributed by atoms with Crippen molar-refractivity contribution in [2.75, 3.05) is 18.0 Å². The lowest BCUT2D eigenvalue weighted by Crippen LogP contribution is -2.25. The number of anilines is 1. The van der Waals surface area contributed by atoms with Gasteiger partial charge in [-0.05, 0) is 12.5 Å². The Bertz CT molecular complexity index is 398. The molecular formula is C12H13N3. The molecule has 0 atom stereocenters. The summed E-state index contributed by atoms with van der Waals surface area (Å²) in [5.74, 6) is 2.59. The molecule has 0 aromatic carbocycles. The van der Waals surface area contributed by atoms with Gasteiger partial charge in [0.25, 0.3) is 0 Å². The van der Waals surface area contributed by atoms with Gasteiger partial charge in [0.1, 0.15) is 6.07 Å². The zero-order chi connectivity index (χ0) is 11.1. The second-order valence-corrected chi connectivity index (χ2v) is 3.13. The molecule has 3 heteroatoms. The summed E-state index contributed by atoms with van der Waals surface area (Å²) in [6, 6.07) is 3.85. The van der Waals surface area contributed by atoms with E-state index < -0.39 is 0 Å². The Labute approximate surface area is 90.4 Å². The first-order chi connectivity index (χ1) is 7.33. The molecule has 0 amide bonds. The van der Waals surface area contributed by atoms with Gasteiger partial charge in [0.2, 0.25) is 0 Å². The molecule has 0 saturated heterocycles. The van der Waals surface area contributed by atoms with Crippen LogP contribution in [0.2, 0.25) is 0 Å². The lowest BCUT2D eigenvalue weighted by Gasteiger charge is -2.21. The SMILES string of the molecule is C#CCN(CCC)c1cnccc1C#N.